The highest BCUT2D eigenvalue weighted by Gasteiger charge is 2.10. The Kier molecular flexibility index (Phi) is 4.97. The summed E-state index contributed by atoms with van der Waals surface area (Å²) >= 11 is 3.28. The molecule has 2 heterocycles. The molecule has 5 nitrogen and oxygen atoms in total. The molecule has 23 heavy (non-hydrogen) atoms. The molecule has 0 aliphatic carbocycles. The van der Waals surface area contributed by atoms with Crippen molar-refractivity contribution in [3.8, 4) is 0 Å². The van der Waals surface area contributed by atoms with Crippen molar-refractivity contribution in [2.45, 2.75) is 37.7 Å². The molecule has 0 unspecified atom stereocenters. The fraction of sp³-hybridized carbons (Fsp3) is 0.312. The Bertz CT molecular complexity index is 761. The zero-order valence-electron chi connectivity index (χ0n) is 13.4. The molecule has 1 aromatic carbocycles. The van der Waals surface area contributed by atoms with Gasteiger partial charge >= 0.3 is 0 Å². The van der Waals surface area contributed by atoms with Crippen LogP contribution in [0.4, 0.5) is 10.8 Å². The van der Waals surface area contributed by atoms with E-state index in [0.717, 1.165) is 27.4 Å². The standard InChI is InChI=1S/C16H19N5S2/c1-11(2)21-10-17-20-16(21)23-9-14-8-22-15(19-14)18-13-6-4-12(3)5-7-13/h4-8,10-11H,9H2,1-3H3,(H,18,19). The van der Waals surface area contributed by atoms with Gasteiger partial charge in [0, 0.05) is 22.9 Å². The molecule has 0 radical (unpaired) electrons. The molecule has 0 spiro atoms. The van der Waals surface area contributed by atoms with Crippen LogP contribution in [0.25, 0.3) is 0 Å². The predicted octanol–water partition coefficient (Wildman–Crippen LogP) is 4.66. The van der Waals surface area contributed by atoms with Crippen LogP contribution in [0.3, 0.4) is 0 Å². The topological polar surface area (TPSA) is 55.6 Å². The normalized spacial score (nSPS) is 11.1. The van der Waals surface area contributed by atoms with Gasteiger partial charge in [-0.05, 0) is 32.9 Å². The number of nitrogens with one attached hydrogen (secondary N) is 1. The summed E-state index contributed by atoms with van der Waals surface area (Å²) in [5.41, 5.74) is 3.36. The first-order valence-electron chi connectivity index (χ1n) is 7.42. The third kappa shape index (κ3) is 4.11. The lowest BCUT2D eigenvalue weighted by Gasteiger charge is -2.08. The summed E-state index contributed by atoms with van der Waals surface area (Å²) in [4.78, 5) is 4.63. The van der Waals surface area contributed by atoms with Gasteiger partial charge in [0.25, 0.3) is 0 Å². The number of thiazole rings is 1. The second kappa shape index (κ2) is 7.14. The van der Waals surface area contributed by atoms with Crippen molar-refractivity contribution in [1.29, 1.82) is 0 Å². The van der Waals surface area contributed by atoms with Gasteiger partial charge in [-0.15, -0.1) is 21.5 Å². The minimum atomic E-state index is 0.363. The lowest BCUT2D eigenvalue weighted by atomic mass is 10.2. The molecule has 1 N–H and O–H groups in total. The van der Waals surface area contributed by atoms with E-state index in [-0.39, 0.29) is 0 Å². The van der Waals surface area contributed by atoms with Crippen molar-refractivity contribution in [3.05, 3.63) is 47.2 Å². The van der Waals surface area contributed by atoms with E-state index in [0.29, 0.717) is 6.04 Å². The van der Waals surface area contributed by atoms with Gasteiger partial charge in [-0.1, -0.05) is 29.5 Å². The van der Waals surface area contributed by atoms with E-state index >= 15 is 0 Å². The molecule has 0 amide bonds. The van der Waals surface area contributed by atoms with E-state index in [1.807, 2.05) is 0 Å². The zero-order valence-corrected chi connectivity index (χ0v) is 15.0. The fourth-order valence-corrected chi connectivity index (χ4v) is 3.79. The molecule has 0 aliphatic heterocycles. The molecule has 3 aromatic rings. The monoisotopic (exact) mass is 345 g/mol. The highest BCUT2D eigenvalue weighted by atomic mass is 32.2. The Balaban J connectivity index is 1.61. The van der Waals surface area contributed by atoms with Crippen molar-refractivity contribution < 1.29 is 0 Å². The second-order valence-electron chi connectivity index (χ2n) is 5.54. The summed E-state index contributed by atoms with van der Waals surface area (Å²) in [5, 5.41) is 15.4. The van der Waals surface area contributed by atoms with Crippen LogP contribution in [0.2, 0.25) is 0 Å². The van der Waals surface area contributed by atoms with E-state index in [2.05, 4.69) is 75.5 Å². The van der Waals surface area contributed by atoms with Gasteiger partial charge in [-0.3, -0.25) is 0 Å². The van der Waals surface area contributed by atoms with Crippen molar-refractivity contribution in [2.24, 2.45) is 0 Å². The molecular weight excluding hydrogens is 326 g/mol. The fourth-order valence-electron chi connectivity index (χ4n) is 2.02. The smallest absolute Gasteiger partial charge is 0.191 e. The number of anilines is 2. The maximum absolute atomic E-state index is 4.63. The number of aryl methyl sites for hydroxylation is 1. The summed E-state index contributed by atoms with van der Waals surface area (Å²) in [7, 11) is 0. The first-order chi connectivity index (χ1) is 11.1. The average molecular weight is 345 g/mol. The van der Waals surface area contributed by atoms with Crippen LogP contribution in [0.1, 0.15) is 31.1 Å². The van der Waals surface area contributed by atoms with Crippen LogP contribution < -0.4 is 5.32 Å². The SMILES string of the molecule is Cc1ccc(Nc2nc(CSc3nncn3C(C)C)cs2)cc1. The maximum Gasteiger partial charge on any atom is 0.191 e. The lowest BCUT2D eigenvalue weighted by Crippen LogP contribution is -2.01. The highest BCUT2D eigenvalue weighted by Crippen LogP contribution is 2.26. The quantitative estimate of drug-likeness (QED) is 0.659. The largest absolute Gasteiger partial charge is 0.332 e. The third-order valence-corrected chi connectivity index (χ3v) is 5.10. The molecule has 0 bridgehead atoms. The number of nitrogens with zero attached hydrogens (tertiary/aromatic N) is 4. The molecule has 0 atom stereocenters. The molecule has 0 saturated carbocycles. The number of hydrogen-bond donors (Lipinski definition) is 1. The number of hydrogen-bond acceptors (Lipinski definition) is 6. The Labute approximate surface area is 144 Å². The van der Waals surface area contributed by atoms with Crippen molar-refractivity contribution in [3.63, 3.8) is 0 Å². The molecule has 3 rings (SSSR count). The van der Waals surface area contributed by atoms with Crippen LogP contribution in [0.5, 0.6) is 0 Å². The summed E-state index contributed by atoms with van der Waals surface area (Å²) in [6, 6.07) is 8.67. The maximum atomic E-state index is 4.63. The molecule has 0 fully saturated rings. The summed E-state index contributed by atoms with van der Waals surface area (Å²) in [5.74, 6) is 0.789. The zero-order chi connectivity index (χ0) is 16.2. The Morgan fingerprint density at radius 2 is 2.04 bits per heavy atom. The van der Waals surface area contributed by atoms with Gasteiger partial charge in [0.15, 0.2) is 10.3 Å². The molecule has 2 aromatic heterocycles. The first kappa shape index (κ1) is 16.0. The molecular formula is C16H19N5S2. The molecule has 120 valence electrons. The van der Waals surface area contributed by atoms with Gasteiger partial charge in [-0.2, -0.15) is 0 Å². The minimum Gasteiger partial charge on any atom is -0.332 e. The number of benzene rings is 1. The van der Waals surface area contributed by atoms with Crippen molar-refractivity contribution in [2.75, 3.05) is 5.32 Å². The molecule has 0 aliphatic rings. The minimum absolute atomic E-state index is 0.363. The first-order valence-corrected chi connectivity index (χ1v) is 9.29. The van der Waals surface area contributed by atoms with Gasteiger partial charge in [0.05, 0.1) is 5.69 Å². The van der Waals surface area contributed by atoms with Crippen LogP contribution >= 0.6 is 23.1 Å². The van der Waals surface area contributed by atoms with E-state index in [1.54, 1.807) is 29.4 Å². The average Bonchev–Trinajstić information content (AvgIpc) is 3.16. The third-order valence-electron chi connectivity index (χ3n) is 3.30. The van der Waals surface area contributed by atoms with Crippen LogP contribution in [-0.2, 0) is 5.75 Å². The lowest BCUT2D eigenvalue weighted by molar-refractivity contribution is 0.549. The Morgan fingerprint density at radius 3 is 2.78 bits per heavy atom. The second-order valence-corrected chi connectivity index (χ2v) is 7.34. The predicted molar refractivity (Wildman–Crippen MR) is 96.5 cm³/mol. The van der Waals surface area contributed by atoms with E-state index < -0.39 is 0 Å². The van der Waals surface area contributed by atoms with Crippen LogP contribution in [0, 0.1) is 6.92 Å². The van der Waals surface area contributed by atoms with Crippen LogP contribution in [0.15, 0.2) is 41.1 Å². The van der Waals surface area contributed by atoms with E-state index in [9.17, 15) is 0 Å². The molecule has 0 saturated heterocycles. The Hall–Kier alpha value is -1.86. The summed E-state index contributed by atoms with van der Waals surface area (Å²) < 4.78 is 2.07. The van der Waals surface area contributed by atoms with E-state index in [1.165, 1.54) is 5.56 Å². The summed E-state index contributed by atoms with van der Waals surface area (Å²) in [6.45, 7) is 6.33. The number of thioether (sulfide) groups is 1. The van der Waals surface area contributed by atoms with Crippen molar-refractivity contribution >= 4 is 33.9 Å². The van der Waals surface area contributed by atoms with E-state index in [4.69, 9.17) is 0 Å². The number of aromatic nitrogens is 4. The Morgan fingerprint density at radius 1 is 1.26 bits per heavy atom. The van der Waals surface area contributed by atoms with Gasteiger partial charge in [-0.25, -0.2) is 4.98 Å². The molecule has 7 heteroatoms. The van der Waals surface area contributed by atoms with Gasteiger partial charge in [0.2, 0.25) is 0 Å². The summed E-state index contributed by atoms with van der Waals surface area (Å²) in [6.07, 6.45) is 1.78. The van der Waals surface area contributed by atoms with Crippen LogP contribution in [-0.4, -0.2) is 19.7 Å². The van der Waals surface area contributed by atoms with Crippen molar-refractivity contribution in [1.82, 2.24) is 19.7 Å². The van der Waals surface area contributed by atoms with Gasteiger partial charge < -0.3 is 9.88 Å². The van der Waals surface area contributed by atoms with Gasteiger partial charge in [0.1, 0.15) is 6.33 Å². The number of rotatable bonds is 6. The highest BCUT2D eigenvalue weighted by molar-refractivity contribution is 7.98.